The van der Waals surface area contributed by atoms with Crippen LogP contribution in [0.3, 0.4) is 0 Å². The van der Waals surface area contributed by atoms with Crippen LogP contribution in [-0.2, 0) is 14.3 Å². The highest BCUT2D eigenvalue weighted by atomic mass is 16.5. The number of methoxy groups -OCH3 is 1. The first-order valence-electron chi connectivity index (χ1n) is 5.78. The van der Waals surface area contributed by atoms with E-state index < -0.39 is 0 Å². The Morgan fingerprint density at radius 3 is 2.38 bits per heavy atom. The smallest absolute Gasteiger partial charge is 0.305 e. The van der Waals surface area contributed by atoms with Crippen LogP contribution in [0.1, 0.15) is 39.5 Å². The van der Waals surface area contributed by atoms with E-state index in [1.807, 2.05) is 0 Å². The fourth-order valence-electron chi connectivity index (χ4n) is 1.29. The number of hydrogen-bond donors (Lipinski definition) is 0. The van der Waals surface area contributed by atoms with Crippen LogP contribution in [-0.4, -0.2) is 37.5 Å². The van der Waals surface area contributed by atoms with Crippen LogP contribution in [0.15, 0.2) is 0 Å². The SMILES string of the molecule is COC(=O)CCCN(C)C(=O)CCC(C)C. The minimum absolute atomic E-state index is 0.151. The topological polar surface area (TPSA) is 46.6 Å². The molecule has 0 radical (unpaired) electrons. The molecule has 0 saturated carbocycles. The summed E-state index contributed by atoms with van der Waals surface area (Å²) < 4.78 is 4.53. The van der Waals surface area contributed by atoms with Crippen LogP contribution in [0.4, 0.5) is 0 Å². The van der Waals surface area contributed by atoms with Gasteiger partial charge in [-0.25, -0.2) is 0 Å². The summed E-state index contributed by atoms with van der Waals surface area (Å²) in [6.45, 7) is 4.82. The van der Waals surface area contributed by atoms with Gasteiger partial charge < -0.3 is 9.64 Å². The van der Waals surface area contributed by atoms with E-state index in [0.717, 1.165) is 6.42 Å². The lowest BCUT2D eigenvalue weighted by atomic mass is 10.1. The zero-order valence-corrected chi connectivity index (χ0v) is 10.8. The first-order valence-corrected chi connectivity index (χ1v) is 5.78. The summed E-state index contributed by atoms with van der Waals surface area (Å²) in [7, 11) is 3.15. The zero-order chi connectivity index (χ0) is 12.6. The van der Waals surface area contributed by atoms with Gasteiger partial charge in [0.2, 0.25) is 5.91 Å². The van der Waals surface area contributed by atoms with Crippen molar-refractivity contribution in [2.24, 2.45) is 5.92 Å². The van der Waals surface area contributed by atoms with Crippen molar-refractivity contribution in [3.63, 3.8) is 0 Å². The predicted molar refractivity (Wildman–Crippen MR) is 63.0 cm³/mol. The summed E-state index contributed by atoms with van der Waals surface area (Å²) in [5.41, 5.74) is 0. The molecular weight excluding hydrogens is 206 g/mol. The predicted octanol–water partition coefficient (Wildman–Crippen LogP) is 1.83. The van der Waals surface area contributed by atoms with Crippen molar-refractivity contribution in [2.45, 2.75) is 39.5 Å². The molecule has 0 N–H and O–H groups in total. The quantitative estimate of drug-likeness (QED) is 0.626. The molecule has 0 aromatic rings. The second kappa shape index (κ2) is 8.13. The van der Waals surface area contributed by atoms with Gasteiger partial charge in [0.1, 0.15) is 0 Å². The summed E-state index contributed by atoms with van der Waals surface area (Å²) >= 11 is 0. The average molecular weight is 229 g/mol. The second-order valence-electron chi connectivity index (χ2n) is 4.43. The van der Waals surface area contributed by atoms with E-state index in [1.54, 1.807) is 11.9 Å². The molecular formula is C12H23NO3. The van der Waals surface area contributed by atoms with Crippen LogP contribution < -0.4 is 0 Å². The molecule has 0 bridgehead atoms. The van der Waals surface area contributed by atoms with Gasteiger partial charge in [-0.2, -0.15) is 0 Å². The highest BCUT2D eigenvalue weighted by Gasteiger charge is 2.10. The Labute approximate surface area is 98.0 Å². The standard InChI is InChI=1S/C12H23NO3/c1-10(2)7-8-11(14)13(3)9-5-6-12(15)16-4/h10H,5-9H2,1-4H3. The van der Waals surface area contributed by atoms with Crippen molar-refractivity contribution >= 4 is 11.9 Å². The lowest BCUT2D eigenvalue weighted by molar-refractivity contribution is -0.141. The Morgan fingerprint density at radius 2 is 1.88 bits per heavy atom. The Morgan fingerprint density at radius 1 is 1.25 bits per heavy atom. The molecule has 0 fully saturated rings. The minimum Gasteiger partial charge on any atom is -0.469 e. The molecule has 16 heavy (non-hydrogen) atoms. The number of rotatable bonds is 7. The number of esters is 1. The van der Waals surface area contributed by atoms with Gasteiger partial charge in [-0.15, -0.1) is 0 Å². The lowest BCUT2D eigenvalue weighted by Crippen LogP contribution is -2.28. The number of carbonyl (C=O) groups excluding carboxylic acids is 2. The van der Waals surface area contributed by atoms with Crippen LogP contribution in [0.2, 0.25) is 0 Å². The molecule has 0 heterocycles. The Bertz CT molecular complexity index is 226. The maximum absolute atomic E-state index is 11.6. The van der Waals surface area contributed by atoms with Gasteiger partial charge in [0.15, 0.2) is 0 Å². The Kier molecular flexibility index (Phi) is 7.60. The van der Waals surface area contributed by atoms with Gasteiger partial charge in [-0.3, -0.25) is 9.59 Å². The number of amides is 1. The molecule has 1 amide bonds. The highest BCUT2D eigenvalue weighted by Crippen LogP contribution is 2.06. The molecule has 0 aromatic heterocycles. The van der Waals surface area contributed by atoms with Gasteiger partial charge in [0.25, 0.3) is 0 Å². The maximum Gasteiger partial charge on any atom is 0.305 e. The summed E-state index contributed by atoms with van der Waals surface area (Å²) in [5.74, 6) is 0.481. The minimum atomic E-state index is -0.219. The van der Waals surface area contributed by atoms with Gasteiger partial charge in [0, 0.05) is 26.4 Å². The summed E-state index contributed by atoms with van der Waals surface area (Å²) in [4.78, 5) is 24.1. The van der Waals surface area contributed by atoms with Crippen molar-refractivity contribution < 1.29 is 14.3 Å². The largest absolute Gasteiger partial charge is 0.469 e. The zero-order valence-electron chi connectivity index (χ0n) is 10.8. The van der Waals surface area contributed by atoms with Gasteiger partial charge >= 0.3 is 5.97 Å². The van der Waals surface area contributed by atoms with Crippen LogP contribution >= 0.6 is 0 Å². The van der Waals surface area contributed by atoms with E-state index >= 15 is 0 Å². The first kappa shape index (κ1) is 14.9. The van der Waals surface area contributed by atoms with E-state index in [0.29, 0.717) is 31.7 Å². The second-order valence-corrected chi connectivity index (χ2v) is 4.43. The molecule has 0 aromatic carbocycles. The van der Waals surface area contributed by atoms with Crippen molar-refractivity contribution in [1.82, 2.24) is 4.90 Å². The molecule has 0 spiro atoms. The first-order chi connectivity index (χ1) is 7.47. The number of carbonyl (C=O) groups is 2. The number of nitrogens with zero attached hydrogens (tertiary/aromatic N) is 1. The van der Waals surface area contributed by atoms with E-state index in [1.165, 1.54) is 7.11 Å². The molecule has 94 valence electrons. The van der Waals surface area contributed by atoms with E-state index in [-0.39, 0.29) is 11.9 Å². The molecule has 4 nitrogen and oxygen atoms in total. The Hall–Kier alpha value is -1.06. The van der Waals surface area contributed by atoms with Crippen molar-refractivity contribution in [2.75, 3.05) is 20.7 Å². The number of hydrogen-bond acceptors (Lipinski definition) is 3. The fraction of sp³-hybridized carbons (Fsp3) is 0.833. The molecule has 0 aliphatic rings. The van der Waals surface area contributed by atoms with Gasteiger partial charge in [-0.1, -0.05) is 13.8 Å². The van der Waals surface area contributed by atoms with Crippen molar-refractivity contribution in [3.05, 3.63) is 0 Å². The van der Waals surface area contributed by atoms with E-state index in [4.69, 9.17) is 0 Å². The summed E-state index contributed by atoms with van der Waals surface area (Å²) in [6, 6.07) is 0. The van der Waals surface area contributed by atoms with Crippen LogP contribution in [0, 0.1) is 5.92 Å². The highest BCUT2D eigenvalue weighted by molar-refractivity contribution is 5.76. The lowest BCUT2D eigenvalue weighted by Gasteiger charge is -2.17. The number of ether oxygens (including phenoxy) is 1. The fourth-order valence-corrected chi connectivity index (χ4v) is 1.29. The molecule has 0 saturated heterocycles. The average Bonchev–Trinajstić information content (AvgIpc) is 2.25. The normalized spacial score (nSPS) is 10.3. The third-order valence-corrected chi connectivity index (χ3v) is 2.46. The van der Waals surface area contributed by atoms with Crippen LogP contribution in [0.25, 0.3) is 0 Å². The van der Waals surface area contributed by atoms with E-state index in [2.05, 4.69) is 18.6 Å². The Balaban J connectivity index is 3.67. The third-order valence-electron chi connectivity index (χ3n) is 2.46. The monoisotopic (exact) mass is 229 g/mol. The molecule has 0 aliphatic heterocycles. The molecule has 0 aliphatic carbocycles. The maximum atomic E-state index is 11.6. The summed E-state index contributed by atoms with van der Waals surface area (Å²) in [6.07, 6.45) is 2.54. The molecule has 4 heteroatoms. The molecule has 0 rings (SSSR count). The van der Waals surface area contributed by atoms with Gasteiger partial charge in [0.05, 0.1) is 7.11 Å². The van der Waals surface area contributed by atoms with Crippen molar-refractivity contribution in [1.29, 1.82) is 0 Å². The third kappa shape index (κ3) is 7.26. The molecule has 0 unspecified atom stereocenters. The van der Waals surface area contributed by atoms with Crippen molar-refractivity contribution in [3.8, 4) is 0 Å². The summed E-state index contributed by atoms with van der Waals surface area (Å²) in [5, 5.41) is 0. The van der Waals surface area contributed by atoms with Crippen LogP contribution in [0.5, 0.6) is 0 Å². The molecule has 0 atom stereocenters. The van der Waals surface area contributed by atoms with E-state index in [9.17, 15) is 9.59 Å². The van der Waals surface area contributed by atoms with Gasteiger partial charge in [-0.05, 0) is 18.8 Å².